The van der Waals surface area contributed by atoms with E-state index in [2.05, 4.69) is 48.1 Å². The highest BCUT2D eigenvalue weighted by molar-refractivity contribution is 5.97. The molecule has 0 aliphatic heterocycles. The Kier molecular flexibility index (Phi) is 6.79. The highest BCUT2D eigenvalue weighted by atomic mass is 19.3. The molecule has 0 saturated carbocycles. The number of ether oxygens (including phenoxy) is 1. The number of hydrogen-bond donors (Lipinski definition) is 0. The number of alkyl halides is 2. The molecule has 0 aromatic heterocycles. The lowest BCUT2D eigenvalue weighted by molar-refractivity contribution is -0.0521. The predicted molar refractivity (Wildman–Crippen MR) is 124 cm³/mol. The lowest BCUT2D eigenvalue weighted by Crippen LogP contribution is -2.03. The maximum atomic E-state index is 14.2. The van der Waals surface area contributed by atoms with Crippen LogP contribution in [0.4, 0.5) is 13.2 Å². The van der Waals surface area contributed by atoms with Gasteiger partial charge in [-0.25, -0.2) is 4.39 Å². The average molecular weight is 435 g/mol. The molecule has 0 aliphatic rings. The van der Waals surface area contributed by atoms with Gasteiger partial charge in [-0.05, 0) is 70.0 Å². The fourth-order valence-corrected chi connectivity index (χ4v) is 4.05. The normalized spacial score (nSPS) is 11.3. The standard InChI is InChI=1S/C28H25F3O/c1-2-4-19-7-9-20(10-8-19)11-12-21-13-15-25-22(17-21)5-3-6-24(25)23-14-16-27(26(29)18-23)32-28(30)31/h3,5-10,13-18,28H,2,4,11-12H2,1H3. The first-order chi connectivity index (χ1) is 15.5. The van der Waals surface area contributed by atoms with E-state index >= 15 is 0 Å². The number of halogens is 3. The van der Waals surface area contributed by atoms with Gasteiger partial charge in [-0.15, -0.1) is 0 Å². The monoisotopic (exact) mass is 434 g/mol. The minimum absolute atomic E-state index is 0.450. The number of benzene rings is 4. The molecule has 0 radical (unpaired) electrons. The molecule has 0 fully saturated rings. The second-order valence-corrected chi connectivity index (χ2v) is 7.95. The molecule has 32 heavy (non-hydrogen) atoms. The Labute approximate surface area is 186 Å². The van der Waals surface area contributed by atoms with Gasteiger partial charge in [-0.3, -0.25) is 0 Å². The van der Waals surface area contributed by atoms with Crippen LogP contribution in [0.5, 0.6) is 5.75 Å². The van der Waals surface area contributed by atoms with Crippen molar-refractivity contribution in [1.82, 2.24) is 0 Å². The first-order valence-electron chi connectivity index (χ1n) is 10.9. The van der Waals surface area contributed by atoms with E-state index in [1.165, 1.54) is 28.8 Å². The summed E-state index contributed by atoms with van der Waals surface area (Å²) in [7, 11) is 0. The van der Waals surface area contributed by atoms with Gasteiger partial charge < -0.3 is 4.74 Å². The summed E-state index contributed by atoms with van der Waals surface area (Å²) in [5.41, 5.74) is 5.40. The Morgan fingerprint density at radius 1 is 0.750 bits per heavy atom. The van der Waals surface area contributed by atoms with E-state index < -0.39 is 18.2 Å². The van der Waals surface area contributed by atoms with Crippen molar-refractivity contribution in [3.63, 3.8) is 0 Å². The van der Waals surface area contributed by atoms with E-state index in [0.717, 1.165) is 42.0 Å². The van der Waals surface area contributed by atoms with Crippen molar-refractivity contribution in [2.75, 3.05) is 0 Å². The number of aryl methyl sites for hydroxylation is 3. The van der Waals surface area contributed by atoms with Crippen molar-refractivity contribution in [3.8, 4) is 16.9 Å². The minimum atomic E-state index is -3.05. The van der Waals surface area contributed by atoms with Crippen LogP contribution in [0.25, 0.3) is 21.9 Å². The first kappa shape index (κ1) is 21.9. The van der Waals surface area contributed by atoms with Crippen LogP contribution in [0, 0.1) is 5.82 Å². The summed E-state index contributed by atoms with van der Waals surface area (Å²) in [5, 5.41) is 2.05. The third kappa shape index (κ3) is 5.13. The predicted octanol–water partition coefficient (Wildman–Crippen LogP) is 7.99. The molecule has 0 saturated heterocycles. The maximum absolute atomic E-state index is 14.2. The average Bonchev–Trinajstić information content (AvgIpc) is 2.79. The molecule has 0 N–H and O–H groups in total. The summed E-state index contributed by atoms with van der Waals surface area (Å²) in [6.45, 7) is -0.868. The summed E-state index contributed by atoms with van der Waals surface area (Å²) in [6, 6.07) is 25.1. The first-order valence-corrected chi connectivity index (χ1v) is 10.9. The zero-order chi connectivity index (χ0) is 22.5. The molecule has 4 aromatic carbocycles. The molecule has 4 rings (SSSR count). The second kappa shape index (κ2) is 9.90. The molecular weight excluding hydrogens is 409 g/mol. The van der Waals surface area contributed by atoms with E-state index in [0.29, 0.717) is 5.56 Å². The van der Waals surface area contributed by atoms with E-state index in [1.54, 1.807) is 6.07 Å². The van der Waals surface area contributed by atoms with Crippen LogP contribution in [0.3, 0.4) is 0 Å². The molecule has 164 valence electrons. The summed E-state index contributed by atoms with van der Waals surface area (Å²) >= 11 is 0. The van der Waals surface area contributed by atoms with Crippen molar-refractivity contribution < 1.29 is 17.9 Å². The summed E-state index contributed by atoms with van der Waals surface area (Å²) < 4.78 is 43.2. The third-order valence-corrected chi connectivity index (χ3v) is 5.67. The van der Waals surface area contributed by atoms with E-state index in [9.17, 15) is 13.2 Å². The largest absolute Gasteiger partial charge is 0.432 e. The molecule has 1 nitrogen and oxygen atoms in total. The van der Waals surface area contributed by atoms with Crippen LogP contribution in [0.2, 0.25) is 0 Å². The molecule has 0 amide bonds. The van der Waals surface area contributed by atoms with E-state index in [-0.39, 0.29) is 0 Å². The van der Waals surface area contributed by atoms with Crippen LogP contribution in [0.15, 0.2) is 78.9 Å². The van der Waals surface area contributed by atoms with Crippen molar-refractivity contribution in [1.29, 1.82) is 0 Å². The quantitative estimate of drug-likeness (QED) is 0.273. The lowest BCUT2D eigenvalue weighted by Gasteiger charge is -2.11. The molecule has 0 aliphatic carbocycles. The Hall–Kier alpha value is -3.27. The summed E-state index contributed by atoms with van der Waals surface area (Å²) in [5.74, 6) is -1.25. The summed E-state index contributed by atoms with van der Waals surface area (Å²) in [6.07, 6.45) is 4.16. The third-order valence-electron chi connectivity index (χ3n) is 5.67. The van der Waals surface area contributed by atoms with Gasteiger partial charge in [0.1, 0.15) is 0 Å². The van der Waals surface area contributed by atoms with Gasteiger partial charge in [0.05, 0.1) is 0 Å². The fraction of sp³-hybridized carbons (Fsp3) is 0.214. The van der Waals surface area contributed by atoms with Gasteiger partial charge >= 0.3 is 6.61 Å². The van der Waals surface area contributed by atoms with Crippen molar-refractivity contribution in [2.45, 2.75) is 39.2 Å². The zero-order valence-electron chi connectivity index (χ0n) is 18.0. The van der Waals surface area contributed by atoms with Crippen LogP contribution in [0.1, 0.15) is 30.0 Å². The molecule has 0 heterocycles. The van der Waals surface area contributed by atoms with E-state index in [1.807, 2.05) is 24.3 Å². The van der Waals surface area contributed by atoms with Gasteiger partial charge in [0.2, 0.25) is 0 Å². The van der Waals surface area contributed by atoms with Crippen LogP contribution in [-0.2, 0) is 19.3 Å². The van der Waals surface area contributed by atoms with Crippen LogP contribution in [-0.4, -0.2) is 6.61 Å². The summed E-state index contributed by atoms with van der Waals surface area (Å²) in [4.78, 5) is 0. The van der Waals surface area contributed by atoms with Crippen molar-refractivity contribution >= 4 is 10.8 Å². The maximum Gasteiger partial charge on any atom is 0.387 e. The second-order valence-electron chi connectivity index (χ2n) is 7.95. The van der Waals surface area contributed by atoms with Gasteiger partial charge in [-0.1, -0.05) is 80.1 Å². The van der Waals surface area contributed by atoms with Crippen molar-refractivity contribution in [3.05, 3.63) is 101 Å². The van der Waals surface area contributed by atoms with Gasteiger partial charge in [0.15, 0.2) is 11.6 Å². The lowest BCUT2D eigenvalue weighted by atomic mass is 9.95. The molecule has 0 atom stereocenters. The highest BCUT2D eigenvalue weighted by Crippen LogP contribution is 2.32. The number of rotatable bonds is 8. The highest BCUT2D eigenvalue weighted by Gasteiger charge is 2.12. The van der Waals surface area contributed by atoms with E-state index in [4.69, 9.17) is 0 Å². The molecule has 4 heteroatoms. The minimum Gasteiger partial charge on any atom is -0.432 e. The molecule has 0 bridgehead atoms. The Morgan fingerprint density at radius 2 is 1.44 bits per heavy atom. The Bertz CT molecular complexity index is 1200. The molecule has 0 spiro atoms. The van der Waals surface area contributed by atoms with Crippen molar-refractivity contribution in [2.24, 2.45) is 0 Å². The molecule has 0 unspecified atom stereocenters. The fourth-order valence-electron chi connectivity index (χ4n) is 4.05. The van der Waals surface area contributed by atoms with Gasteiger partial charge in [-0.2, -0.15) is 8.78 Å². The molecule has 4 aromatic rings. The Balaban J connectivity index is 1.54. The number of fused-ring (bicyclic) bond motifs is 1. The van der Waals surface area contributed by atoms with Crippen LogP contribution >= 0.6 is 0 Å². The number of hydrogen-bond acceptors (Lipinski definition) is 1. The molecular formula is C28H25F3O. The van der Waals surface area contributed by atoms with Gasteiger partial charge in [0, 0.05) is 0 Å². The topological polar surface area (TPSA) is 9.23 Å². The smallest absolute Gasteiger partial charge is 0.387 e. The van der Waals surface area contributed by atoms with Gasteiger partial charge in [0.25, 0.3) is 0 Å². The van der Waals surface area contributed by atoms with Crippen LogP contribution < -0.4 is 4.74 Å². The Morgan fingerprint density at radius 3 is 2.12 bits per heavy atom. The zero-order valence-corrected chi connectivity index (χ0v) is 18.0. The SMILES string of the molecule is CCCc1ccc(CCc2ccc3c(-c4ccc(OC(F)F)c(F)c4)cccc3c2)cc1.